The number of nitro groups is 1. The third kappa shape index (κ3) is 2.83. The van der Waals surface area contributed by atoms with Crippen LogP contribution in [0.15, 0.2) is 18.2 Å². The summed E-state index contributed by atoms with van der Waals surface area (Å²) in [4.78, 5) is 15.1. The molecule has 1 heterocycles. The zero-order chi connectivity index (χ0) is 14.7. The molecule has 1 fully saturated rings. The fourth-order valence-corrected chi connectivity index (χ4v) is 2.77. The minimum Gasteiger partial charge on any atom is -0.367 e. The number of hydrogen-bond donors (Lipinski definition) is 2. The molecule has 7 nitrogen and oxygen atoms in total. The SMILES string of the molecule is CN(CC1CCCN1C)c1cccc(NN)c1[N+](=O)[O-]. The van der Waals surface area contributed by atoms with E-state index in [9.17, 15) is 10.1 Å². The van der Waals surface area contributed by atoms with E-state index in [4.69, 9.17) is 5.84 Å². The maximum atomic E-state index is 11.3. The molecule has 1 aromatic rings. The van der Waals surface area contributed by atoms with E-state index in [1.807, 2.05) is 11.9 Å². The number of rotatable bonds is 5. The van der Waals surface area contributed by atoms with Gasteiger partial charge in [-0.05, 0) is 38.6 Å². The first-order valence-corrected chi connectivity index (χ1v) is 6.70. The fraction of sp³-hybridized carbons (Fsp3) is 0.538. The predicted octanol–water partition coefficient (Wildman–Crippen LogP) is 1.41. The molecule has 2 rings (SSSR count). The van der Waals surface area contributed by atoms with Crippen LogP contribution in [0.1, 0.15) is 12.8 Å². The topological polar surface area (TPSA) is 87.7 Å². The Kier molecular flexibility index (Phi) is 4.41. The number of nitrogens with one attached hydrogen (secondary N) is 1. The summed E-state index contributed by atoms with van der Waals surface area (Å²) in [5.74, 6) is 5.36. The number of nitrogens with two attached hydrogens (primary N) is 1. The summed E-state index contributed by atoms with van der Waals surface area (Å²) < 4.78 is 0. The lowest BCUT2D eigenvalue weighted by Gasteiger charge is -2.27. The maximum absolute atomic E-state index is 11.3. The standard InChI is InChI=1S/C13H21N5O2/c1-16-8-4-5-10(16)9-17(2)12-7-3-6-11(15-14)13(12)18(19)20/h3,6-7,10,15H,4-5,8-9,14H2,1-2H3. The average molecular weight is 279 g/mol. The lowest BCUT2D eigenvalue weighted by Crippen LogP contribution is -2.36. The Balaban J connectivity index is 2.24. The Morgan fingerprint density at radius 3 is 2.90 bits per heavy atom. The van der Waals surface area contributed by atoms with Gasteiger partial charge in [0.15, 0.2) is 0 Å². The predicted molar refractivity (Wildman–Crippen MR) is 79.8 cm³/mol. The van der Waals surface area contributed by atoms with Crippen molar-refractivity contribution < 1.29 is 4.92 Å². The van der Waals surface area contributed by atoms with E-state index in [1.165, 1.54) is 6.42 Å². The van der Waals surface area contributed by atoms with Crippen molar-refractivity contribution in [2.75, 3.05) is 37.5 Å². The van der Waals surface area contributed by atoms with Crippen LogP contribution in [0.5, 0.6) is 0 Å². The van der Waals surface area contributed by atoms with Crippen LogP contribution in [0.4, 0.5) is 17.1 Å². The molecule has 1 aliphatic heterocycles. The second-order valence-electron chi connectivity index (χ2n) is 5.23. The third-order valence-corrected chi connectivity index (χ3v) is 3.92. The number of nitro benzene ring substituents is 1. The molecule has 110 valence electrons. The Bertz CT molecular complexity index is 494. The van der Waals surface area contributed by atoms with Crippen LogP contribution in [-0.4, -0.2) is 43.0 Å². The molecule has 0 amide bonds. The van der Waals surface area contributed by atoms with Gasteiger partial charge >= 0.3 is 5.69 Å². The smallest absolute Gasteiger partial charge is 0.316 e. The molecule has 1 saturated heterocycles. The van der Waals surface area contributed by atoms with Gasteiger partial charge in [-0.2, -0.15) is 0 Å². The Morgan fingerprint density at radius 1 is 1.60 bits per heavy atom. The van der Waals surface area contributed by atoms with Gasteiger partial charge in [-0.3, -0.25) is 16.0 Å². The second-order valence-corrected chi connectivity index (χ2v) is 5.23. The lowest BCUT2D eigenvalue weighted by molar-refractivity contribution is -0.383. The zero-order valence-corrected chi connectivity index (χ0v) is 11.9. The number of nitrogen functional groups attached to an aromatic ring is 1. The van der Waals surface area contributed by atoms with E-state index in [2.05, 4.69) is 17.4 Å². The van der Waals surface area contributed by atoms with Crippen molar-refractivity contribution in [2.24, 2.45) is 5.84 Å². The number of anilines is 2. The van der Waals surface area contributed by atoms with Gasteiger partial charge in [-0.1, -0.05) is 6.07 Å². The number of hydrazine groups is 1. The van der Waals surface area contributed by atoms with E-state index in [-0.39, 0.29) is 10.6 Å². The molecule has 1 unspecified atom stereocenters. The lowest BCUT2D eigenvalue weighted by atomic mass is 10.1. The molecule has 0 spiro atoms. The normalized spacial score (nSPS) is 19.1. The first-order valence-electron chi connectivity index (χ1n) is 6.70. The Hall–Kier alpha value is -1.86. The molecular formula is C13H21N5O2. The second kappa shape index (κ2) is 6.06. The maximum Gasteiger partial charge on any atom is 0.316 e. The quantitative estimate of drug-likeness (QED) is 0.481. The highest BCUT2D eigenvalue weighted by molar-refractivity contribution is 5.76. The molecular weight excluding hydrogens is 258 g/mol. The third-order valence-electron chi connectivity index (χ3n) is 3.92. The van der Waals surface area contributed by atoms with E-state index in [0.29, 0.717) is 17.4 Å². The molecule has 1 atom stereocenters. The fourth-order valence-electron chi connectivity index (χ4n) is 2.77. The summed E-state index contributed by atoms with van der Waals surface area (Å²) in [6, 6.07) is 5.58. The summed E-state index contributed by atoms with van der Waals surface area (Å²) in [5, 5.41) is 11.3. The van der Waals surface area contributed by atoms with Crippen molar-refractivity contribution in [3.8, 4) is 0 Å². The van der Waals surface area contributed by atoms with E-state index >= 15 is 0 Å². The highest BCUT2D eigenvalue weighted by Crippen LogP contribution is 2.34. The zero-order valence-electron chi connectivity index (χ0n) is 11.9. The largest absolute Gasteiger partial charge is 0.367 e. The number of hydrogen-bond acceptors (Lipinski definition) is 6. The minimum absolute atomic E-state index is 0.0261. The van der Waals surface area contributed by atoms with Gasteiger partial charge < -0.3 is 15.2 Å². The Labute approximate surface area is 118 Å². The summed E-state index contributed by atoms with van der Waals surface area (Å²) in [6.07, 6.45) is 2.31. The molecule has 0 saturated carbocycles. The number of likely N-dealkylation sites (N-methyl/N-ethyl adjacent to an activating group) is 2. The van der Waals surface area contributed by atoms with Gasteiger partial charge in [0.2, 0.25) is 0 Å². The van der Waals surface area contributed by atoms with Gasteiger partial charge in [0, 0.05) is 19.6 Å². The number of likely N-dealkylation sites (tertiary alicyclic amines) is 1. The van der Waals surface area contributed by atoms with Crippen LogP contribution >= 0.6 is 0 Å². The van der Waals surface area contributed by atoms with Crippen molar-refractivity contribution in [2.45, 2.75) is 18.9 Å². The van der Waals surface area contributed by atoms with Crippen LogP contribution in [0, 0.1) is 10.1 Å². The summed E-state index contributed by atoms with van der Waals surface area (Å²) in [6.45, 7) is 1.86. The van der Waals surface area contributed by atoms with Crippen molar-refractivity contribution in [3.63, 3.8) is 0 Å². The van der Waals surface area contributed by atoms with Crippen LogP contribution in [0.2, 0.25) is 0 Å². The van der Waals surface area contributed by atoms with Crippen LogP contribution in [0.25, 0.3) is 0 Å². The van der Waals surface area contributed by atoms with Gasteiger partial charge in [0.1, 0.15) is 11.4 Å². The first-order chi connectivity index (χ1) is 9.54. The molecule has 3 N–H and O–H groups in total. The van der Waals surface area contributed by atoms with E-state index < -0.39 is 0 Å². The van der Waals surface area contributed by atoms with Crippen molar-refractivity contribution in [1.29, 1.82) is 0 Å². The van der Waals surface area contributed by atoms with Gasteiger partial charge in [0.25, 0.3) is 0 Å². The highest BCUT2D eigenvalue weighted by Gasteiger charge is 2.26. The van der Waals surface area contributed by atoms with E-state index in [1.54, 1.807) is 18.2 Å². The molecule has 0 bridgehead atoms. The summed E-state index contributed by atoms with van der Waals surface area (Å²) in [7, 11) is 3.98. The van der Waals surface area contributed by atoms with Crippen molar-refractivity contribution in [3.05, 3.63) is 28.3 Å². The molecule has 20 heavy (non-hydrogen) atoms. The van der Waals surface area contributed by atoms with Gasteiger partial charge in [-0.15, -0.1) is 0 Å². The molecule has 0 radical (unpaired) electrons. The summed E-state index contributed by atoms with van der Waals surface area (Å²) >= 11 is 0. The van der Waals surface area contributed by atoms with Crippen molar-refractivity contribution >= 4 is 17.1 Å². The minimum atomic E-state index is -0.389. The van der Waals surface area contributed by atoms with Crippen LogP contribution in [0.3, 0.4) is 0 Å². The van der Waals surface area contributed by atoms with E-state index in [0.717, 1.165) is 19.5 Å². The first kappa shape index (κ1) is 14.5. The van der Waals surface area contributed by atoms with Crippen molar-refractivity contribution in [1.82, 2.24) is 4.90 Å². The highest BCUT2D eigenvalue weighted by atomic mass is 16.6. The average Bonchev–Trinajstić information content (AvgIpc) is 2.83. The molecule has 0 aromatic heterocycles. The number of nitrogens with zero attached hydrogens (tertiary/aromatic N) is 3. The molecule has 1 aromatic carbocycles. The monoisotopic (exact) mass is 279 g/mol. The van der Waals surface area contributed by atoms with Gasteiger partial charge in [-0.25, -0.2) is 0 Å². The number of para-hydroxylation sites is 1. The summed E-state index contributed by atoms with van der Waals surface area (Å²) in [5.41, 5.74) is 3.34. The molecule has 0 aliphatic carbocycles. The van der Waals surface area contributed by atoms with Crippen LogP contribution in [-0.2, 0) is 0 Å². The molecule has 1 aliphatic rings. The Morgan fingerprint density at radius 2 is 2.35 bits per heavy atom. The van der Waals surface area contributed by atoms with Gasteiger partial charge in [0.05, 0.1) is 4.92 Å². The van der Waals surface area contributed by atoms with Crippen LogP contribution < -0.4 is 16.2 Å². The molecule has 7 heteroatoms. The number of benzene rings is 1.